The van der Waals surface area contributed by atoms with Crippen LogP contribution < -0.4 is 15.5 Å². The number of nitrogens with one attached hydrogen (secondary N) is 2. The Morgan fingerprint density at radius 2 is 1.97 bits per heavy atom. The Hall–Kier alpha value is -3.32. The highest BCUT2D eigenvalue weighted by Gasteiger charge is 2.10. The zero-order chi connectivity index (χ0) is 21.9. The lowest BCUT2D eigenvalue weighted by Gasteiger charge is -2.10. The smallest absolute Gasteiger partial charge is 0.240 e. The van der Waals surface area contributed by atoms with Crippen molar-refractivity contribution >= 4 is 35.3 Å². The fraction of sp³-hybridized carbons (Fsp3) is 0.227. The number of hydrazone groups is 1. The minimum absolute atomic E-state index is 0.0102. The molecule has 2 aromatic carbocycles. The Morgan fingerprint density at radius 3 is 2.67 bits per heavy atom. The standard InChI is InChI=1S/C22H24ClN3O4/c1-3-7-16-12-15(13-19(22(16)29)30-4-2)14-24-26-21(28)11-10-20(27)25-18-9-6-5-8-17(18)23/h3,5-6,8-9,12-14,29H,1,4,7,10-11H2,2H3,(H,25,27)(H,26,28)/b24-14+. The average molecular weight is 430 g/mol. The summed E-state index contributed by atoms with van der Waals surface area (Å²) in [5.74, 6) is -0.338. The summed E-state index contributed by atoms with van der Waals surface area (Å²) < 4.78 is 5.43. The van der Waals surface area contributed by atoms with E-state index in [1.807, 2.05) is 6.92 Å². The third kappa shape index (κ3) is 6.93. The number of hydrogen-bond donors (Lipinski definition) is 3. The Bertz CT molecular complexity index is 944. The highest BCUT2D eigenvalue weighted by atomic mass is 35.5. The monoisotopic (exact) mass is 429 g/mol. The molecule has 0 aliphatic rings. The first kappa shape index (κ1) is 23.0. The molecule has 2 amide bonds. The van der Waals surface area contributed by atoms with Crippen LogP contribution in [0.5, 0.6) is 11.5 Å². The first-order valence-corrected chi connectivity index (χ1v) is 9.78. The van der Waals surface area contributed by atoms with Gasteiger partial charge in [0, 0.05) is 18.4 Å². The van der Waals surface area contributed by atoms with Gasteiger partial charge in [-0.05, 0) is 43.2 Å². The van der Waals surface area contributed by atoms with Gasteiger partial charge in [-0.1, -0.05) is 29.8 Å². The number of allylic oxidation sites excluding steroid dienone is 1. The van der Waals surface area contributed by atoms with Gasteiger partial charge in [-0.15, -0.1) is 6.58 Å². The van der Waals surface area contributed by atoms with Crippen LogP contribution in [0.25, 0.3) is 0 Å². The molecule has 0 spiro atoms. The fourth-order valence-electron chi connectivity index (χ4n) is 2.58. The number of carbonyl (C=O) groups excluding carboxylic acids is 2. The number of rotatable bonds is 10. The van der Waals surface area contributed by atoms with Gasteiger partial charge >= 0.3 is 0 Å². The highest BCUT2D eigenvalue weighted by molar-refractivity contribution is 6.33. The lowest BCUT2D eigenvalue weighted by molar-refractivity contribution is -0.124. The molecule has 7 nitrogen and oxygen atoms in total. The number of halogens is 1. The van der Waals surface area contributed by atoms with Crippen molar-refractivity contribution in [2.24, 2.45) is 5.10 Å². The number of hydrogen-bond acceptors (Lipinski definition) is 5. The van der Waals surface area contributed by atoms with Crippen LogP contribution >= 0.6 is 11.6 Å². The molecule has 0 atom stereocenters. The van der Waals surface area contributed by atoms with Crippen LogP contribution in [0.4, 0.5) is 5.69 Å². The Labute approximate surface area is 180 Å². The van der Waals surface area contributed by atoms with Crippen LogP contribution in [0.2, 0.25) is 5.02 Å². The number of phenolic OH excluding ortho intramolecular Hbond substituents is 1. The van der Waals surface area contributed by atoms with E-state index in [0.717, 1.165) is 0 Å². The second-order valence-corrected chi connectivity index (χ2v) is 6.68. The molecule has 0 aliphatic heterocycles. The fourth-order valence-corrected chi connectivity index (χ4v) is 2.76. The molecule has 158 valence electrons. The summed E-state index contributed by atoms with van der Waals surface area (Å²) in [5, 5.41) is 17.2. The Kier molecular flexibility index (Phi) is 8.90. The first-order chi connectivity index (χ1) is 14.4. The SMILES string of the molecule is C=CCc1cc(/C=N/NC(=O)CCC(=O)Nc2ccccc2Cl)cc(OCC)c1O. The largest absolute Gasteiger partial charge is 0.504 e. The number of anilines is 1. The van der Waals surface area contributed by atoms with Gasteiger partial charge in [0.15, 0.2) is 11.5 Å². The Morgan fingerprint density at radius 1 is 1.23 bits per heavy atom. The van der Waals surface area contributed by atoms with Crippen LogP contribution in [0.15, 0.2) is 54.2 Å². The molecule has 3 N–H and O–H groups in total. The lowest BCUT2D eigenvalue weighted by Crippen LogP contribution is -2.20. The molecule has 0 heterocycles. The summed E-state index contributed by atoms with van der Waals surface area (Å²) in [6, 6.07) is 10.2. The van der Waals surface area contributed by atoms with E-state index < -0.39 is 5.91 Å². The van der Waals surface area contributed by atoms with Crippen LogP contribution in [-0.4, -0.2) is 29.7 Å². The summed E-state index contributed by atoms with van der Waals surface area (Å²) >= 11 is 5.99. The van der Waals surface area contributed by atoms with E-state index in [4.69, 9.17) is 16.3 Å². The summed E-state index contributed by atoms with van der Waals surface area (Å²) in [7, 11) is 0. The molecule has 0 fully saturated rings. The van der Waals surface area contributed by atoms with E-state index in [0.29, 0.717) is 40.6 Å². The average Bonchev–Trinajstić information content (AvgIpc) is 2.72. The quantitative estimate of drug-likeness (QED) is 0.301. The number of phenols is 1. The topological polar surface area (TPSA) is 100 Å². The van der Waals surface area contributed by atoms with Gasteiger partial charge < -0.3 is 15.2 Å². The van der Waals surface area contributed by atoms with Crippen LogP contribution in [0, 0.1) is 0 Å². The third-order valence-electron chi connectivity index (χ3n) is 3.97. The number of amides is 2. The van der Waals surface area contributed by atoms with E-state index in [2.05, 4.69) is 22.4 Å². The molecule has 2 aromatic rings. The molecule has 30 heavy (non-hydrogen) atoms. The summed E-state index contributed by atoms with van der Waals surface area (Å²) in [4.78, 5) is 23.9. The summed E-state index contributed by atoms with van der Waals surface area (Å²) in [6.45, 7) is 5.88. The van der Waals surface area contributed by atoms with Crippen molar-refractivity contribution in [2.75, 3.05) is 11.9 Å². The molecular weight excluding hydrogens is 406 g/mol. The van der Waals surface area contributed by atoms with E-state index in [1.54, 1.807) is 42.5 Å². The van der Waals surface area contributed by atoms with Gasteiger partial charge in [0.05, 0.1) is 23.5 Å². The molecule has 0 aliphatic carbocycles. The Balaban J connectivity index is 1.90. The minimum Gasteiger partial charge on any atom is -0.504 e. The number of benzene rings is 2. The molecule has 0 radical (unpaired) electrons. The van der Waals surface area contributed by atoms with Gasteiger partial charge in [-0.2, -0.15) is 5.10 Å². The number of nitrogens with zero attached hydrogens (tertiary/aromatic N) is 1. The van der Waals surface area contributed by atoms with Gasteiger partial charge in [-0.25, -0.2) is 5.43 Å². The second-order valence-electron chi connectivity index (χ2n) is 6.27. The lowest BCUT2D eigenvalue weighted by atomic mass is 10.1. The van der Waals surface area contributed by atoms with E-state index in [1.165, 1.54) is 6.21 Å². The molecule has 0 saturated carbocycles. The maximum atomic E-state index is 12.0. The maximum absolute atomic E-state index is 12.0. The number of para-hydroxylation sites is 1. The number of carbonyl (C=O) groups is 2. The molecular formula is C22H24ClN3O4. The van der Waals surface area contributed by atoms with Crippen molar-refractivity contribution in [1.29, 1.82) is 0 Å². The molecule has 0 bridgehead atoms. The van der Waals surface area contributed by atoms with Crippen LogP contribution in [-0.2, 0) is 16.0 Å². The van der Waals surface area contributed by atoms with Crippen LogP contribution in [0.3, 0.4) is 0 Å². The van der Waals surface area contributed by atoms with Crippen molar-refractivity contribution in [3.63, 3.8) is 0 Å². The number of ether oxygens (including phenoxy) is 1. The predicted octanol–water partition coefficient (Wildman–Crippen LogP) is 4.04. The molecule has 0 unspecified atom stereocenters. The zero-order valence-corrected chi connectivity index (χ0v) is 17.4. The molecule has 2 rings (SSSR count). The minimum atomic E-state index is -0.407. The maximum Gasteiger partial charge on any atom is 0.240 e. The van der Waals surface area contributed by atoms with Crippen molar-refractivity contribution in [2.45, 2.75) is 26.2 Å². The van der Waals surface area contributed by atoms with E-state index in [9.17, 15) is 14.7 Å². The zero-order valence-electron chi connectivity index (χ0n) is 16.7. The van der Waals surface area contributed by atoms with Crippen LogP contribution in [0.1, 0.15) is 30.9 Å². The van der Waals surface area contributed by atoms with Crippen molar-refractivity contribution in [3.05, 3.63) is 65.2 Å². The van der Waals surface area contributed by atoms with Gasteiger partial charge in [0.2, 0.25) is 11.8 Å². The third-order valence-corrected chi connectivity index (χ3v) is 4.30. The molecule has 8 heteroatoms. The summed E-state index contributed by atoms with van der Waals surface area (Å²) in [5.41, 5.74) is 4.16. The predicted molar refractivity (Wildman–Crippen MR) is 118 cm³/mol. The summed E-state index contributed by atoms with van der Waals surface area (Å²) in [6.07, 6.45) is 3.52. The first-order valence-electron chi connectivity index (χ1n) is 9.40. The van der Waals surface area contributed by atoms with E-state index >= 15 is 0 Å². The van der Waals surface area contributed by atoms with Gasteiger partial charge in [-0.3, -0.25) is 9.59 Å². The van der Waals surface area contributed by atoms with E-state index in [-0.39, 0.29) is 24.5 Å². The van der Waals surface area contributed by atoms with Gasteiger partial charge in [0.1, 0.15) is 0 Å². The second kappa shape index (κ2) is 11.6. The van der Waals surface area contributed by atoms with Crippen molar-refractivity contribution < 1.29 is 19.4 Å². The van der Waals surface area contributed by atoms with Crippen molar-refractivity contribution in [3.8, 4) is 11.5 Å². The molecule has 0 saturated heterocycles. The normalized spacial score (nSPS) is 10.6. The van der Waals surface area contributed by atoms with Gasteiger partial charge in [0.25, 0.3) is 0 Å². The molecule has 0 aromatic heterocycles. The number of aromatic hydroxyl groups is 1. The van der Waals surface area contributed by atoms with Crippen molar-refractivity contribution in [1.82, 2.24) is 5.43 Å². The highest BCUT2D eigenvalue weighted by Crippen LogP contribution is 2.32.